The second-order valence-electron chi connectivity index (χ2n) is 4.42. The number of hydrogen-bond donors (Lipinski definition) is 2. The van der Waals surface area contributed by atoms with Gasteiger partial charge in [-0.3, -0.25) is 20.9 Å². The van der Waals surface area contributed by atoms with E-state index in [4.69, 9.17) is 5.84 Å². The summed E-state index contributed by atoms with van der Waals surface area (Å²) in [6.45, 7) is 4.98. The van der Waals surface area contributed by atoms with Crippen LogP contribution in [0, 0.1) is 6.92 Å². The topological polar surface area (TPSA) is 68.8 Å². The van der Waals surface area contributed by atoms with Crippen molar-refractivity contribution in [2.45, 2.75) is 32.9 Å². The van der Waals surface area contributed by atoms with Gasteiger partial charge >= 0.3 is 0 Å². The molecule has 0 aromatic carbocycles. The van der Waals surface area contributed by atoms with Crippen LogP contribution in [0.5, 0.6) is 0 Å². The van der Waals surface area contributed by atoms with Gasteiger partial charge in [-0.2, -0.15) is 5.10 Å². The summed E-state index contributed by atoms with van der Waals surface area (Å²) in [5.41, 5.74) is 6.25. The molecule has 0 aliphatic heterocycles. The van der Waals surface area contributed by atoms with Crippen molar-refractivity contribution in [1.82, 2.24) is 20.2 Å². The van der Waals surface area contributed by atoms with Gasteiger partial charge in [-0.15, -0.1) is 0 Å². The fraction of sp³-hybridized carbons (Fsp3) is 0.385. The Kier molecular flexibility index (Phi) is 4.07. The molecule has 0 amide bonds. The number of pyridine rings is 1. The number of hydrazine groups is 1. The van der Waals surface area contributed by atoms with Crippen LogP contribution in [0.3, 0.4) is 0 Å². The molecule has 1 unspecified atom stereocenters. The van der Waals surface area contributed by atoms with Gasteiger partial charge in [0.2, 0.25) is 0 Å². The number of nitrogens with zero attached hydrogens (tertiary/aromatic N) is 3. The zero-order valence-corrected chi connectivity index (χ0v) is 10.8. The minimum absolute atomic E-state index is 0.0620. The highest BCUT2D eigenvalue weighted by Gasteiger charge is 2.12. The molecule has 2 aromatic heterocycles. The first-order valence-corrected chi connectivity index (χ1v) is 6.12. The number of rotatable bonds is 5. The number of nitrogens with two attached hydrogens (primary N) is 1. The smallest absolute Gasteiger partial charge is 0.0522 e. The molecule has 1 atom stereocenters. The van der Waals surface area contributed by atoms with Crippen LogP contribution < -0.4 is 11.3 Å². The Hall–Kier alpha value is -1.72. The fourth-order valence-electron chi connectivity index (χ4n) is 1.96. The summed E-state index contributed by atoms with van der Waals surface area (Å²) in [5.74, 6) is 5.64. The lowest BCUT2D eigenvalue weighted by Crippen LogP contribution is -2.29. The number of nitrogens with one attached hydrogen (secondary N) is 1. The maximum atomic E-state index is 5.64. The number of aromatic nitrogens is 3. The van der Waals surface area contributed by atoms with E-state index in [0.717, 1.165) is 24.1 Å². The minimum atomic E-state index is 0.0620. The molecule has 0 aliphatic carbocycles. The zero-order valence-electron chi connectivity index (χ0n) is 10.8. The van der Waals surface area contributed by atoms with Gasteiger partial charge in [0.25, 0.3) is 0 Å². The first-order chi connectivity index (χ1) is 8.72. The van der Waals surface area contributed by atoms with Crippen LogP contribution in [0.15, 0.2) is 30.9 Å². The van der Waals surface area contributed by atoms with E-state index in [-0.39, 0.29) is 6.04 Å². The van der Waals surface area contributed by atoms with Gasteiger partial charge in [-0.1, -0.05) is 6.07 Å². The van der Waals surface area contributed by atoms with Gasteiger partial charge in [0.1, 0.15) is 0 Å². The standard InChI is InChI=1S/C13H19N5/c1-3-18-9-11(7-16-18)5-13(17-14)12-4-10(2)6-15-8-12/h4,6-9,13,17H,3,5,14H2,1-2H3. The third kappa shape index (κ3) is 2.94. The molecule has 5 nitrogen and oxygen atoms in total. The van der Waals surface area contributed by atoms with Gasteiger partial charge in [-0.05, 0) is 37.0 Å². The van der Waals surface area contributed by atoms with Gasteiger partial charge in [-0.25, -0.2) is 0 Å². The molecule has 3 N–H and O–H groups in total. The molecule has 0 fully saturated rings. The molecule has 2 aromatic rings. The van der Waals surface area contributed by atoms with Crippen LogP contribution >= 0.6 is 0 Å². The van der Waals surface area contributed by atoms with E-state index in [0.29, 0.717) is 0 Å². The second kappa shape index (κ2) is 5.75. The van der Waals surface area contributed by atoms with E-state index in [1.165, 1.54) is 5.56 Å². The van der Waals surface area contributed by atoms with Crippen LogP contribution in [0.2, 0.25) is 0 Å². The maximum absolute atomic E-state index is 5.64. The van der Waals surface area contributed by atoms with E-state index in [2.05, 4.69) is 28.5 Å². The van der Waals surface area contributed by atoms with Crippen molar-refractivity contribution in [3.8, 4) is 0 Å². The predicted octanol–water partition coefficient (Wildman–Crippen LogP) is 1.35. The van der Waals surface area contributed by atoms with Crippen molar-refractivity contribution in [3.05, 3.63) is 47.5 Å². The third-order valence-corrected chi connectivity index (χ3v) is 2.95. The molecule has 0 bridgehead atoms. The Morgan fingerprint density at radius 3 is 2.83 bits per heavy atom. The quantitative estimate of drug-likeness (QED) is 0.616. The predicted molar refractivity (Wildman–Crippen MR) is 70.6 cm³/mol. The van der Waals surface area contributed by atoms with Crippen LogP contribution in [0.25, 0.3) is 0 Å². The second-order valence-corrected chi connectivity index (χ2v) is 4.42. The Morgan fingerprint density at radius 2 is 2.22 bits per heavy atom. The molecule has 0 radical (unpaired) electrons. The fourth-order valence-corrected chi connectivity index (χ4v) is 1.96. The van der Waals surface area contributed by atoms with Crippen molar-refractivity contribution in [2.24, 2.45) is 5.84 Å². The lowest BCUT2D eigenvalue weighted by atomic mass is 10.0. The van der Waals surface area contributed by atoms with Crippen molar-refractivity contribution in [1.29, 1.82) is 0 Å². The van der Waals surface area contributed by atoms with Crippen LogP contribution in [0.1, 0.15) is 29.7 Å². The minimum Gasteiger partial charge on any atom is -0.273 e. The molecule has 0 saturated heterocycles. The van der Waals surface area contributed by atoms with Crippen LogP contribution in [0.4, 0.5) is 0 Å². The van der Waals surface area contributed by atoms with Gasteiger partial charge < -0.3 is 0 Å². The molecule has 96 valence electrons. The van der Waals surface area contributed by atoms with Crippen LogP contribution in [-0.2, 0) is 13.0 Å². The van der Waals surface area contributed by atoms with Crippen molar-refractivity contribution in [2.75, 3.05) is 0 Å². The first-order valence-electron chi connectivity index (χ1n) is 6.12. The maximum Gasteiger partial charge on any atom is 0.0522 e. The Morgan fingerprint density at radius 1 is 1.39 bits per heavy atom. The van der Waals surface area contributed by atoms with Gasteiger partial charge in [0.05, 0.1) is 12.2 Å². The summed E-state index contributed by atoms with van der Waals surface area (Å²) in [7, 11) is 0. The van der Waals surface area contributed by atoms with Gasteiger partial charge in [0, 0.05) is 25.1 Å². The largest absolute Gasteiger partial charge is 0.273 e. The third-order valence-electron chi connectivity index (χ3n) is 2.95. The lowest BCUT2D eigenvalue weighted by molar-refractivity contribution is 0.549. The first kappa shape index (κ1) is 12.7. The van der Waals surface area contributed by atoms with E-state index in [1.807, 2.05) is 36.4 Å². The highest BCUT2D eigenvalue weighted by molar-refractivity contribution is 5.22. The molecular formula is C13H19N5. The molecule has 0 saturated carbocycles. The summed E-state index contributed by atoms with van der Waals surface area (Å²) in [5, 5.41) is 4.27. The Balaban J connectivity index is 2.14. The number of hydrogen-bond acceptors (Lipinski definition) is 4. The summed E-state index contributed by atoms with van der Waals surface area (Å²) < 4.78 is 1.91. The van der Waals surface area contributed by atoms with E-state index < -0.39 is 0 Å². The molecular weight excluding hydrogens is 226 g/mol. The highest BCUT2D eigenvalue weighted by Crippen LogP contribution is 2.17. The SMILES string of the molecule is CCn1cc(CC(NN)c2cncc(C)c2)cn1. The normalized spacial score (nSPS) is 12.6. The lowest BCUT2D eigenvalue weighted by Gasteiger charge is -2.15. The Labute approximate surface area is 107 Å². The molecule has 18 heavy (non-hydrogen) atoms. The van der Waals surface area contributed by atoms with Crippen LogP contribution in [-0.4, -0.2) is 14.8 Å². The van der Waals surface area contributed by atoms with Crippen molar-refractivity contribution < 1.29 is 0 Å². The molecule has 5 heteroatoms. The zero-order chi connectivity index (χ0) is 13.0. The molecule has 2 rings (SSSR count). The summed E-state index contributed by atoms with van der Waals surface area (Å²) >= 11 is 0. The summed E-state index contributed by atoms with van der Waals surface area (Å²) in [6.07, 6.45) is 8.43. The molecule has 0 aliphatic rings. The highest BCUT2D eigenvalue weighted by atomic mass is 15.3. The molecule has 2 heterocycles. The Bertz CT molecular complexity index is 506. The van der Waals surface area contributed by atoms with E-state index in [9.17, 15) is 0 Å². The summed E-state index contributed by atoms with van der Waals surface area (Å²) in [4.78, 5) is 4.20. The van der Waals surface area contributed by atoms with E-state index in [1.54, 1.807) is 0 Å². The van der Waals surface area contributed by atoms with Gasteiger partial charge in [0.15, 0.2) is 0 Å². The summed E-state index contributed by atoms with van der Waals surface area (Å²) in [6, 6.07) is 2.16. The van der Waals surface area contributed by atoms with Crippen molar-refractivity contribution in [3.63, 3.8) is 0 Å². The molecule has 0 spiro atoms. The average Bonchev–Trinajstić information content (AvgIpc) is 2.83. The average molecular weight is 245 g/mol. The van der Waals surface area contributed by atoms with E-state index >= 15 is 0 Å². The monoisotopic (exact) mass is 245 g/mol. The number of aryl methyl sites for hydroxylation is 2. The van der Waals surface area contributed by atoms with Crippen molar-refractivity contribution >= 4 is 0 Å².